The third-order valence-electron chi connectivity index (χ3n) is 3.77. The zero-order valence-electron chi connectivity index (χ0n) is 15.4. The number of pyridine rings is 2. The van der Waals surface area contributed by atoms with Crippen molar-refractivity contribution in [2.75, 3.05) is 5.73 Å². The molecule has 6 nitrogen and oxygen atoms in total. The molecule has 0 radical (unpaired) electrons. The Labute approximate surface area is 178 Å². The molecule has 3 aromatic rings. The van der Waals surface area contributed by atoms with Crippen LogP contribution in [0.25, 0.3) is 11.1 Å². The summed E-state index contributed by atoms with van der Waals surface area (Å²) in [5.41, 5.74) is 7.77. The molecule has 0 unspecified atom stereocenters. The van der Waals surface area contributed by atoms with Crippen LogP contribution in [0.4, 0.5) is 10.1 Å². The van der Waals surface area contributed by atoms with Crippen molar-refractivity contribution in [3.05, 3.63) is 59.6 Å². The van der Waals surface area contributed by atoms with Gasteiger partial charge in [-0.15, -0.1) is 12.4 Å². The first-order chi connectivity index (χ1) is 13.5. The molecule has 0 fully saturated rings. The first-order valence-corrected chi connectivity index (χ1v) is 8.90. The normalized spacial score (nSPS) is 10.2. The second-order valence-electron chi connectivity index (χ2n) is 5.87. The lowest BCUT2D eigenvalue weighted by atomic mass is 10.1. The number of nitrogens with two attached hydrogens (primary N) is 1. The highest BCUT2D eigenvalue weighted by molar-refractivity contribution is 6.30. The number of carbonyl (C=O) groups is 1. The summed E-state index contributed by atoms with van der Waals surface area (Å²) in [6, 6.07) is 9.61. The third kappa shape index (κ3) is 5.56. The fourth-order valence-electron chi connectivity index (χ4n) is 2.44. The van der Waals surface area contributed by atoms with Gasteiger partial charge in [-0.3, -0.25) is 4.79 Å². The van der Waals surface area contributed by atoms with Crippen LogP contribution in [0, 0.1) is 5.82 Å². The lowest BCUT2D eigenvalue weighted by Crippen LogP contribution is -2.10. The van der Waals surface area contributed by atoms with Gasteiger partial charge >= 0.3 is 5.97 Å². The maximum atomic E-state index is 13.8. The average molecular weight is 438 g/mol. The van der Waals surface area contributed by atoms with E-state index in [9.17, 15) is 9.18 Å². The first-order valence-electron chi connectivity index (χ1n) is 8.52. The zero-order chi connectivity index (χ0) is 20.1. The molecular formula is C20H18Cl2FN3O3. The van der Waals surface area contributed by atoms with Gasteiger partial charge in [-0.2, -0.15) is 0 Å². The van der Waals surface area contributed by atoms with E-state index in [1.807, 2.05) is 6.92 Å². The summed E-state index contributed by atoms with van der Waals surface area (Å²) in [4.78, 5) is 19.5. The monoisotopic (exact) mass is 437 g/mol. The number of rotatable bonds is 6. The van der Waals surface area contributed by atoms with Crippen molar-refractivity contribution in [1.82, 2.24) is 9.97 Å². The summed E-state index contributed by atoms with van der Waals surface area (Å²) >= 11 is 5.68. The summed E-state index contributed by atoms with van der Waals surface area (Å²) < 4.78 is 24.4. The van der Waals surface area contributed by atoms with Gasteiger partial charge in [0, 0.05) is 24.4 Å². The number of nitrogens with zero attached hydrogens (tertiary/aromatic N) is 2. The number of benzene rings is 1. The molecule has 0 aliphatic rings. The molecule has 0 atom stereocenters. The molecule has 0 saturated heterocycles. The highest BCUT2D eigenvalue weighted by Crippen LogP contribution is 2.33. The molecule has 9 heteroatoms. The molecule has 0 bridgehead atoms. The van der Waals surface area contributed by atoms with Gasteiger partial charge < -0.3 is 15.2 Å². The van der Waals surface area contributed by atoms with Gasteiger partial charge in [-0.25, -0.2) is 14.4 Å². The number of ether oxygens (including phenoxy) is 2. The van der Waals surface area contributed by atoms with Crippen molar-refractivity contribution in [2.45, 2.75) is 19.8 Å². The van der Waals surface area contributed by atoms with Crippen LogP contribution >= 0.6 is 24.0 Å². The van der Waals surface area contributed by atoms with E-state index in [-0.39, 0.29) is 47.3 Å². The quantitative estimate of drug-likeness (QED) is 0.516. The molecule has 0 aliphatic heterocycles. The second-order valence-corrected chi connectivity index (χ2v) is 6.30. The number of anilines is 1. The van der Waals surface area contributed by atoms with Crippen molar-refractivity contribution < 1.29 is 18.7 Å². The van der Waals surface area contributed by atoms with Gasteiger partial charge in [-0.1, -0.05) is 30.7 Å². The number of hydrogen-bond donors (Lipinski definition) is 1. The minimum Gasteiger partial charge on any atom is -0.436 e. The van der Waals surface area contributed by atoms with E-state index in [2.05, 4.69) is 9.97 Å². The molecule has 0 aliphatic carbocycles. The molecule has 3 rings (SSSR count). The van der Waals surface area contributed by atoms with Crippen LogP contribution in [-0.4, -0.2) is 15.9 Å². The molecule has 0 amide bonds. The largest absolute Gasteiger partial charge is 0.436 e. The average Bonchev–Trinajstić information content (AvgIpc) is 2.67. The fourth-order valence-corrected chi connectivity index (χ4v) is 2.59. The van der Waals surface area contributed by atoms with Gasteiger partial charge in [0.1, 0.15) is 11.4 Å². The lowest BCUT2D eigenvalue weighted by molar-refractivity contribution is -0.134. The van der Waals surface area contributed by atoms with E-state index < -0.39 is 5.82 Å². The number of esters is 1. The van der Waals surface area contributed by atoms with Crippen molar-refractivity contribution in [2.24, 2.45) is 0 Å². The second kappa shape index (κ2) is 10.0. The van der Waals surface area contributed by atoms with Crippen LogP contribution in [0.3, 0.4) is 0 Å². The summed E-state index contributed by atoms with van der Waals surface area (Å²) in [7, 11) is 0. The smallest absolute Gasteiger partial charge is 0.312 e. The molecule has 0 spiro atoms. The van der Waals surface area contributed by atoms with Crippen LogP contribution in [-0.2, 0) is 4.79 Å². The van der Waals surface area contributed by atoms with E-state index in [1.54, 1.807) is 30.3 Å². The Hall–Kier alpha value is -2.90. The van der Waals surface area contributed by atoms with Gasteiger partial charge in [0.2, 0.25) is 5.88 Å². The Balaban J connectivity index is 0.00000300. The molecule has 2 heterocycles. The summed E-state index contributed by atoms with van der Waals surface area (Å²) in [6.07, 6.45) is 3.76. The van der Waals surface area contributed by atoms with Crippen LogP contribution in [0.5, 0.6) is 17.5 Å². The van der Waals surface area contributed by atoms with E-state index in [0.29, 0.717) is 17.7 Å². The maximum Gasteiger partial charge on any atom is 0.312 e. The van der Waals surface area contributed by atoms with Gasteiger partial charge in [0.25, 0.3) is 5.88 Å². The number of halogens is 3. The molecule has 152 valence electrons. The van der Waals surface area contributed by atoms with Crippen molar-refractivity contribution in [3.8, 4) is 28.6 Å². The highest BCUT2D eigenvalue weighted by Gasteiger charge is 2.13. The summed E-state index contributed by atoms with van der Waals surface area (Å²) in [5.74, 6) is -0.761. The highest BCUT2D eigenvalue weighted by atomic mass is 35.5. The molecule has 0 saturated carbocycles. The standard InChI is InChI=1S/C20H17ClFN3O3.ClH/c1-2-3-17(26)28-20-18(23)15(8-9-24-20)12-4-6-14(7-5-12)27-19-16(22)10-13(21)11-25-19;/h4-11H,2-3,23H2,1H3;1H. The van der Waals surface area contributed by atoms with E-state index in [1.165, 1.54) is 12.4 Å². The Bertz CT molecular complexity index is 1000. The Morgan fingerprint density at radius 2 is 1.90 bits per heavy atom. The van der Waals surface area contributed by atoms with E-state index >= 15 is 0 Å². The van der Waals surface area contributed by atoms with Gasteiger partial charge in [0.05, 0.1) is 5.02 Å². The van der Waals surface area contributed by atoms with Crippen LogP contribution in [0.15, 0.2) is 48.8 Å². The minimum atomic E-state index is -0.659. The topological polar surface area (TPSA) is 87.3 Å². The maximum absolute atomic E-state index is 13.8. The predicted octanol–water partition coefficient (Wildman–Crippen LogP) is 5.44. The third-order valence-corrected chi connectivity index (χ3v) is 3.98. The number of carbonyl (C=O) groups excluding carboxylic acids is 1. The SMILES string of the molecule is CCCC(=O)Oc1nccc(-c2ccc(Oc3ncc(Cl)cc3F)cc2)c1N.Cl. The zero-order valence-corrected chi connectivity index (χ0v) is 17.0. The Kier molecular flexibility index (Phi) is 7.75. The molecule has 2 N–H and O–H groups in total. The van der Waals surface area contributed by atoms with Crippen molar-refractivity contribution in [1.29, 1.82) is 0 Å². The Morgan fingerprint density at radius 3 is 2.55 bits per heavy atom. The number of hydrogen-bond acceptors (Lipinski definition) is 6. The van der Waals surface area contributed by atoms with Crippen molar-refractivity contribution >= 4 is 35.7 Å². The first kappa shape index (κ1) is 22.4. The molecular weight excluding hydrogens is 420 g/mol. The van der Waals surface area contributed by atoms with E-state index in [4.69, 9.17) is 26.8 Å². The lowest BCUT2D eigenvalue weighted by Gasteiger charge is -2.11. The molecule has 2 aromatic heterocycles. The predicted molar refractivity (Wildman–Crippen MR) is 111 cm³/mol. The molecule has 29 heavy (non-hydrogen) atoms. The fraction of sp³-hybridized carbons (Fsp3) is 0.150. The van der Waals surface area contributed by atoms with E-state index in [0.717, 1.165) is 11.6 Å². The minimum absolute atomic E-state index is 0. The van der Waals surface area contributed by atoms with Crippen LogP contribution < -0.4 is 15.2 Å². The summed E-state index contributed by atoms with van der Waals surface area (Å²) in [5, 5.41) is 0.184. The number of nitrogen functional groups attached to an aromatic ring is 1. The van der Waals surface area contributed by atoms with Crippen LogP contribution in [0.1, 0.15) is 19.8 Å². The van der Waals surface area contributed by atoms with Gasteiger partial charge in [0.15, 0.2) is 5.82 Å². The Morgan fingerprint density at radius 1 is 1.17 bits per heavy atom. The molecule has 1 aromatic carbocycles. The number of aromatic nitrogens is 2. The van der Waals surface area contributed by atoms with Gasteiger partial charge in [-0.05, 0) is 36.2 Å². The van der Waals surface area contributed by atoms with Crippen LogP contribution in [0.2, 0.25) is 5.02 Å². The van der Waals surface area contributed by atoms with Crippen molar-refractivity contribution in [3.63, 3.8) is 0 Å². The summed E-state index contributed by atoms with van der Waals surface area (Å²) in [6.45, 7) is 1.88.